The van der Waals surface area contributed by atoms with E-state index < -0.39 is 0 Å². The Balaban J connectivity index is 2.29. The molecule has 0 aromatic heterocycles. The van der Waals surface area contributed by atoms with Crippen molar-refractivity contribution >= 4 is 11.8 Å². The van der Waals surface area contributed by atoms with Gasteiger partial charge < -0.3 is 4.74 Å². The average molecular weight is 180 g/mol. The summed E-state index contributed by atoms with van der Waals surface area (Å²) in [6, 6.07) is 10.4. The highest BCUT2D eigenvalue weighted by Crippen LogP contribution is 2.41. The molecule has 1 aliphatic heterocycles. The fourth-order valence-electron chi connectivity index (χ4n) is 1.42. The molecule has 0 radical (unpaired) electrons. The number of rotatable bonds is 1. The van der Waals surface area contributed by atoms with Gasteiger partial charge in [-0.05, 0) is 12.5 Å². The third-order valence-corrected chi connectivity index (χ3v) is 3.41. The van der Waals surface area contributed by atoms with Gasteiger partial charge in [0.2, 0.25) is 0 Å². The largest absolute Gasteiger partial charge is 0.359 e. The van der Waals surface area contributed by atoms with E-state index in [1.54, 1.807) is 0 Å². The smallest absolute Gasteiger partial charge is 0.136 e. The van der Waals surface area contributed by atoms with Gasteiger partial charge in [-0.15, -0.1) is 11.8 Å². The van der Waals surface area contributed by atoms with Crippen molar-refractivity contribution in [1.82, 2.24) is 0 Å². The maximum absolute atomic E-state index is 5.69. The van der Waals surface area contributed by atoms with Gasteiger partial charge in [-0.3, -0.25) is 0 Å². The molecule has 64 valence electrons. The summed E-state index contributed by atoms with van der Waals surface area (Å²) in [5.41, 5.74) is 1.27. The third-order valence-electron chi connectivity index (χ3n) is 2.14. The van der Waals surface area contributed by atoms with Crippen molar-refractivity contribution in [1.29, 1.82) is 0 Å². The summed E-state index contributed by atoms with van der Waals surface area (Å²) in [6.45, 7) is 3.01. The lowest BCUT2D eigenvalue weighted by Crippen LogP contribution is -2.15. The Kier molecular flexibility index (Phi) is 2.11. The van der Waals surface area contributed by atoms with Gasteiger partial charge in [-0.1, -0.05) is 30.3 Å². The zero-order valence-electron chi connectivity index (χ0n) is 7.12. The van der Waals surface area contributed by atoms with E-state index in [-0.39, 0.29) is 4.93 Å². The number of hydrogen-bond donors (Lipinski definition) is 0. The first-order chi connectivity index (χ1) is 5.81. The highest BCUT2D eigenvalue weighted by molar-refractivity contribution is 8.00. The Morgan fingerprint density at radius 2 is 2.08 bits per heavy atom. The molecule has 1 aromatic rings. The molecule has 1 atom stereocenters. The predicted molar refractivity (Wildman–Crippen MR) is 52.2 cm³/mol. The average Bonchev–Trinajstić information content (AvgIpc) is 2.55. The Hall–Kier alpha value is -0.470. The van der Waals surface area contributed by atoms with E-state index in [9.17, 15) is 0 Å². The van der Waals surface area contributed by atoms with Crippen LogP contribution in [0, 0.1) is 0 Å². The standard InChI is InChI=1S/C10H12OS/c1-10(11-7-8-12-10)9-5-3-2-4-6-9/h2-6H,7-8H2,1H3. The molecular formula is C10H12OS. The van der Waals surface area contributed by atoms with E-state index >= 15 is 0 Å². The van der Waals surface area contributed by atoms with E-state index in [2.05, 4.69) is 31.2 Å². The molecule has 0 bridgehead atoms. The van der Waals surface area contributed by atoms with Crippen LogP contribution in [0.3, 0.4) is 0 Å². The van der Waals surface area contributed by atoms with Gasteiger partial charge in [0.15, 0.2) is 0 Å². The Morgan fingerprint density at radius 3 is 2.67 bits per heavy atom. The molecule has 1 aromatic carbocycles. The van der Waals surface area contributed by atoms with Crippen molar-refractivity contribution in [3.63, 3.8) is 0 Å². The highest BCUT2D eigenvalue weighted by Gasteiger charge is 2.32. The molecule has 0 N–H and O–H groups in total. The lowest BCUT2D eigenvalue weighted by atomic mass is 10.1. The van der Waals surface area contributed by atoms with Gasteiger partial charge >= 0.3 is 0 Å². The molecular weight excluding hydrogens is 168 g/mol. The van der Waals surface area contributed by atoms with E-state index in [4.69, 9.17) is 4.74 Å². The molecule has 1 fully saturated rings. The first kappa shape index (κ1) is 8.14. The van der Waals surface area contributed by atoms with Crippen LogP contribution >= 0.6 is 11.8 Å². The van der Waals surface area contributed by atoms with Crippen LogP contribution in [0.15, 0.2) is 30.3 Å². The van der Waals surface area contributed by atoms with Crippen molar-refractivity contribution in [2.45, 2.75) is 11.9 Å². The minimum absolute atomic E-state index is 0.0960. The van der Waals surface area contributed by atoms with Gasteiger partial charge in [0.25, 0.3) is 0 Å². The Bertz CT molecular complexity index is 252. The fourth-order valence-corrected chi connectivity index (χ4v) is 2.45. The zero-order chi connectivity index (χ0) is 8.44. The molecule has 2 heteroatoms. The van der Waals surface area contributed by atoms with E-state index in [0.717, 1.165) is 12.4 Å². The number of ether oxygens (including phenoxy) is 1. The van der Waals surface area contributed by atoms with Gasteiger partial charge in [0.05, 0.1) is 6.61 Å². The van der Waals surface area contributed by atoms with Crippen LogP contribution in [0.25, 0.3) is 0 Å². The second-order valence-electron chi connectivity index (χ2n) is 3.01. The summed E-state index contributed by atoms with van der Waals surface area (Å²) in [5.74, 6) is 1.10. The summed E-state index contributed by atoms with van der Waals surface area (Å²) >= 11 is 1.88. The van der Waals surface area contributed by atoms with Gasteiger partial charge in [0, 0.05) is 5.75 Å². The summed E-state index contributed by atoms with van der Waals surface area (Å²) in [4.78, 5) is -0.0960. The highest BCUT2D eigenvalue weighted by atomic mass is 32.2. The molecule has 0 amide bonds. The maximum Gasteiger partial charge on any atom is 0.136 e. The number of thioether (sulfide) groups is 1. The summed E-state index contributed by atoms with van der Waals surface area (Å²) < 4.78 is 5.69. The number of benzene rings is 1. The monoisotopic (exact) mass is 180 g/mol. The van der Waals surface area contributed by atoms with E-state index in [1.807, 2.05) is 17.8 Å². The molecule has 1 unspecified atom stereocenters. The van der Waals surface area contributed by atoms with E-state index in [1.165, 1.54) is 5.56 Å². The van der Waals surface area contributed by atoms with Gasteiger partial charge in [-0.25, -0.2) is 0 Å². The van der Waals surface area contributed by atoms with Crippen LogP contribution in [-0.4, -0.2) is 12.4 Å². The number of hydrogen-bond acceptors (Lipinski definition) is 2. The minimum atomic E-state index is -0.0960. The van der Waals surface area contributed by atoms with Crippen LogP contribution in [0.1, 0.15) is 12.5 Å². The predicted octanol–water partition coefficient (Wildman–Crippen LogP) is 2.62. The molecule has 0 aliphatic carbocycles. The first-order valence-electron chi connectivity index (χ1n) is 4.15. The zero-order valence-corrected chi connectivity index (χ0v) is 7.93. The Morgan fingerprint density at radius 1 is 1.33 bits per heavy atom. The molecule has 0 spiro atoms. The van der Waals surface area contributed by atoms with Crippen LogP contribution in [0.5, 0.6) is 0 Å². The van der Waals surface area contributed by atoms with Gasteiger partial charge in [-0.2, -0.15) is 0 Å². The van der Waals surface area contributed by atoms with Crippen LogP contribution in [-0.2, 0) is 9.67 Å². The second kappa shape index (κ2) is 3.11. The maximum atomic E-state index is 5.69. The van der Waals surface area contributed by atoms with Crippen molar-refractivity contribution in [3.05, 3.63) is 35.9 Å². The molecule has 0 saturated carbocycles. The van der Waals surface area contributed by atoms with Crippen molar-refractivity contribution in [2.24, 2.45) is 0 Å². The Labute approximate surface area is 77.1 Å². The van der Waals surface area contributed by atoms with E-state index in [0.29, 0.717) is 0 Å². The van der Waals surface area contributed by atoms with Crippen LogP contribution < -0.4 is 0 Å². The van der Waals surface area contributed by atoms with Crippen LogP contribution in [0.4, 0.5) is 0 Å². The van der Waals surface area contributed by atoms with Crippen molar-refractivity contribution in [3.8, 4) is 0 Å². The molecule has 1 saturated heterocycles. The van der Waals surface area contributed by atoms with Crippen molar-refractivity contribution in [2.75, 3.05) is 12.4 Å². The molecule has 1 aliphatic rings. The molecule has 2 rings (SSSR count). The molecule has 1 nitrogen and oxygen atoms in total. The first-order valence-corrected chi connectivity index (χ1v) is 5.13. The molecule has 12 heavy (non-hydrogen) atoms. The summed E-state index contributed by atoms with van der Waals surface area (Å²) in [7, 11) is 0. The normalized spacial score (nSPS) is 29.1. The SMILES string of the molecule is CC1(c2ccccc2)OCCS1. The molecule has 1 heterocycles. The minimum Gasteiger partial charge on any atom is -0.359 e. The topological polar surface area (TPSA) is 9.23 Å². The lowest BCUT2D eigenvalue weighted by molar-refractivity contribution is 0.0644. The lowest BCUT2D eigenvalue weighted by Gasteiger charge is -2.22. The van der Waals surface area contributed by atoms with Crippen LogP contribution in [0.2, 0.25) is 0 Å². The van der Waals surface area contributed by atoms with Crippen molar-refractivity contribution < 1.29 is 4.74 Å². The fraction of sp³-hybridized carbons (Fsp3) is 0.400. The quantitative estimate of drug-likeness (QED) is 0.657. The second-order valence-corrected chi connectivity index (χ2v) is 4.48. The third kappa shape index (κ3) is 1.37. The summed E-state index contributed by atoms with van der Waals surface area (Å²) in [6.07, 6.45) is 0. The summed E-state index contributed by atoms with van der Waals surface area (Å²) in [5, 5.41) is 0. The van der Waals surface area contributed by atoms with Gasteiger partial charge in [0.1, 0.15) is 4.93 Å².